The molecule has 0 saturated heterocycles. The quantitative estimate of drug-likeness (QED) is 0.275. The minimum atomic E-state index is -0.513. The third-order valence-corrected chi connectivity index (χ3v) is 5.75. The number of nitrogens with zero attached hydrogens (tertiary/aromatic N) is 2. The number of nitrogens with one attached hydrogen (secondary N) is 4. The second-order valence-corrected chi connectivity index (χ2v) is 8.69. The molecular weight excluding hydrogens is 448 g/mol. The molecule has 0 spiro atoms. The van der Waals surface area contributed by atoms with Gasteiger partial charge in [-0.2, -0.15) is 4.98 Å². The van der Waals surface area contributed by atoms with Crippen molar-refractivity contribution in [3.05, 3.63) is 77.0 Å². The number of aromatic nitrogens is 2. The van der Waals surface area contributed by atoms with E-state index in [1.54, 1.807) is 12.1 Å². The number of hydrogen-bond acceptors (Lipinski definition) is 8. The number of fused-ring (bicyclic) bond motifs is 1. The fraction of sp³-hybridized carbons (Fsp3) is 0.280. The van der Waals surface area contributed by atoms with Crippen LogP contribution in [0.15, 0.2) is 54.7 Å². The summed E-state index contributed by atoms with van der Waals surface area (Å²) in [5.41, 5.74) is 2.64. The first kappa shape index (κ1) is 24.1. The number of carbonyl (C=O) groups excluding carboxylic acids is 2. The molecular formula is C25H28N6O4. The molecule has 35 heavy (non-hydrogen) atoms. The smallest absolute Gasteiger partial charge is 0.256 e. The Morgan fingerprint density at radius 1 is 1.14 bits per heavy atom. The molecule has 3 aromatic rings. The van der Waals surface area contributed by atoms with Crippen molar-refractivity contribution in [2.45, 2.75) is 25.4 Å². The second-order valence-electron chi connectivity index (χ2n) is 8.69. The predicted octanol–water partition coefficient (Wildman–Crippen LogP) is 2.07. The molecule has 2 aromatic carbocycles. The monoisotopic (exact) mass is 476 g/mol. The van der Waals surface area contributed by atoms with Crippen LogP contribution >= 0.6 is 0 Å². The molecule has 1 aliphatic rings. The summed E-state index contributed by atoms with van der Waals surface area (Å²) in [6.45, 7) is 3.51. The highest BCUT2D eigenvalue weighted by Crippen LogP contribution is 2.33. The van der Waals surface area contributed by atoms with Crippen LogP contribution in [0.3, 0.4) is 0 Å². The maximum absolute atomic E-state index is 12.7. The van der Waals surface area contributed by atoms with Crippen LogP contribution in [0.4, 0.5) is 17.5 Å². The van der Waals surface area contributed by atoms with Gasteiger partial charge in [-0.1, -0.05) is 30.3 Å². The molecule has 0 bridgehead atoms. The number of benzene rings is 2. The number of aliphatic hydroxyl groups is 2. The highest BCUT2D eigenvalue weighted by molar-refractivity contribution is 6.00. The van der Waals surface area contributed by atoms with Crippen LogP contribution in [-0.4, -0.2) is 51.8 Å². The lowest BCUT2D eigenvalue weighted by Gasteiger charge is -2.21. The van der Waals surface area contributed by atoms with E-state index in [0.29, 0.717) is 11.3 Å². The Morgan fingerprint density at radius 3 is 2.63 bits per heavy atom. The fourth-order valence-corrected chi connectivity index (χ4v) is 3.95. The Kier molecular flexibility index (Phi) is 6.94. The van der Waals surface area contributed by atoms with E-state index in [-0.39, 0.29) is 43.0 Å². The average molecular weight is 477 g/mol. The normalized spacial score (nSPS) is 14.6. The number of carbonyl (C=O) groups is 2. The van der Waals surface area contributed by atoms with Crippen molar-refractivity contribution >= 4 is 29.3 Å². The van der Waals surface area contributed by atoms with E-state index in [1.807, 2.05) is 50.2 Å². The third-order valence-electron chi connectivity index (χ3n) is 5.75. The molecule has 4 rings (SSSR count). The number of aliphatic hydroxyl groups excluding tert-OH is 2. The number of anilines is 3. The van der Waals surface area contributed by atoms with Crippen LogP contribution in [0.5, 0.6) is 0 Å². The summed E-state index contributed by atoms with van der Waals surface area (Å²) in [5, 5.41) is 30.9. The molecule has 2 heterocycles. The summed E-state index contributed by atoms with van der Waals surface area (Å²) >= 11 is 0. The van der Waals surface area contributed by atoms with Crippen LogP contribution in [-0.2, 0) is 5.54 Å². The number of hydrogen-bond donors (Lipinski definition) is 6. The fourth-order valence-electron chi connectivity index (χ4n) is 3.95. The highest BCUT2D eigenvalue weighted by Gasteiger charge is 2.35. The van der Waals surface area contributed by atoms with Crippen molar-refractivity contribution in [2.75, 3.05) is 30.4 Å². The molecule has 0 saturated carbocycles. The van der Waals surface area contributed by atoms with Gasteiger partial charge >= 0.3 is 0 Å². The van der Waals surface area contributed by atoms with E-state index in [1.165, 1.54) is 6.20 Å². The molecule has 0 radical (unpaired) electrons. The van der Waals surface area contributed by atoms with E-state index in [0.717, 1.165) is 11.1 Å². The largest absolute Gasteiger partial charge is 0.395 e. The molecule has 1 aromatic heterocycles. The minimum Gasteiger partial charge on any atom is -0.395 e. The summed E-state index contributed by atoms with van der Waals surface area (Å²) in [4.78, 5) is 33.6. The van der Waals surface area contributed by atoms with Gasteiger partial charge in [0.25, 0.3) is 11.8 Å². The Labute approximate surface area is 202 Å². The predicted molar refractivity (Wildman–Crippen MR) is 132 cm³/mol. The van der Waals surface area contributed by atoms with Gasteiger partial charge in [-0.3, -0.25) is 9.59 Å². The van der Waals surface area contributed by atoms with Gasteiger partial charge in [0.2, 0.25) is 5.95 Å². The SMILES string of the molecule is CC1(C)NC(=O)c2ccc(Nc3ncc(C(=O)NCCO)c(N[C@H](CO)c4ccccc4)n3)cc21. The lowest BCUT2D eigenvalue weighted by Crippen LogP contribution is -2.32. The Morgan fingerprint density at radius 2 is 1.91 bits per heavy atom. The van der Waals surface area contributed by atoms with Crippen molar-refractivity contribution in [1.29, 1.82) is 0 Å². The number of rotatable bonds is 9. The van der Waals surface area contributed by atoms with Crippen molar-refractivity contribution in [1.82, 2.24) is 20.6 Å². The molecule has 10 heteroatoms. The summed E-state index contributed by atoms with van der Waals surface area (Å²) < 4.78 is 0. The number of amides is 2. The summed E-state index contributed by atoms with van der Waals surface area (Å²) in [5.74, 6) is -0.125. The van der Waals surface area contributed by atoms with Crippen LogP contribution in [0.2, 0.25) is 0 Å². The first-order valence-corrected chi connectivity index (χ1v) is 11.2. The Bertz CT molecular complexity index is 1230. The Balaban J connectivity index is 1.65. The zero-order chi connectivity index (χ0) is 25.0. The molecule has 1 atom stereocenters. The minimum absolute atomic E-state index is 0.0814. The van der Waals surface area contributed by atoms with Crippen molar-refractivity contribution < 1.29 is 19.8 Å². The standard InChI is InChI=1S/C25H28N6O4/c1-25(2)19-12-16(8-9-17(19)23(35)31-25)28-24-27-13-18(22(34)26-10-11-32)21(30-24)29-20(14-33)15-6-4-3-5-7-15/h3-9,12-13,20,32-33H,10-11,14H2,1-2H3,(H,26,34)(H,31,35)(H2,27,28,29,30)/t20-/m1/s1. The molecule has 0 unspecified atom stereocenters. The van der Waals surface area contributed by atoms with E-state index < -0.39 is 17.5 Å². The van der Waals surface area contributed by atoms with Gasteiger partial charge in [0, 0.05) is 24.0 Å². The Hall–Kier alpha value is -4.02. The van der Waals surface area contributed by atoms with Crippen molar-refractivity contribution in [3.8, 4) is 0 Å². The first-order valence-electron chi connectivity index (χ1n) is 11.2. The molecule has 0 fully saturated rings. The third kappa shape index (κ3) is 5.23. The highest BCUT2D eigenvalue weighted by atomic mass is 16.3. The van der Waals surface area contributed by atoms with Gasteiger partial charge in [-0.05, 0) is 43.2 Å². The zero-order valence-electron chi connectivity index (χ0n) is 19.5. The van der Waals surface area contributed by atoms with E-state index >= 15 is 0 Å². The van der Waals surface area contributed by atoms with Crippen LogP contribution in [0.1, 0.15) is 51.7 Å². The molecule has 0 aliphatic carbocycles. The van der Waals surface area contributed by atoms with Gasteiger partial charge in [0.15, 0.2) is 0 Å². The van der Waals surface area contributed by atoms with Crippen molar-refractivity contribution in [2.24, 2.45) is 0 Å². The van der Waals surface area contributed by atoms with Gasteiger partial charge in [0.05, 0.1) is 24.8 Å². The summed E-state index contributed by atoms with van der Waals surface area (Å²) in [6, 6.07) is 14.2. The van der Waals surface area contributed by atoms with Gasteiger partial charge in [0.1, 0.15) is 11.4 Å². The molecule has 6 N–H and O–H groups in total. The topological polar surface area (TPSA) is 148 Å². The van der Waals surface area contributed by atoms with Crippen LogP contribution < -0.4 is 21.3 Å². The molecule has 10 nitrogen and oxygen atoms in total. The lowest BCUT2D eigenvalue weighted by atomic mass is 9.94. The molecule has 1 aliphatic heterocycles. The lowest BCUT2D eigenvalue weighted by molar-refractivity contribution is 0.0934. The molecule has 182 valence electrons. The zero-order valence-corrected chi connectivity index (χ0v) is 19.5. The van der Waals surface area contributed by atoms with Crippen molar-refractivity contribution in [3.63, 3.8) is 0 Å². The van der Waals surface area contributed by atoms with Gasteiger partial charge in [-0.15, -0.1) is 0 Å². The van der Waals surface area contributed by atoms with Gasteiger partial charge < -0.3 is 31.5 Å². The summed E-state index contributed by atoms with van der Waals surface area (Å²) in [7, 11) is 0. The molecule has 2 amide bonds. The van der Waals surface area contributed by atoms with E-state index in [9.17, 15) is 14.7 Å². The van der Waals surface area contributed by atoms with Crippen LogP contribution in [0, 0.1) is 0 Å². The maximum Gasteiger partial charge on any atom is 0.256 e. The van der Waals surface area contributed by atoms with E-state index in [4.69, 9.17) is 5.11 Å². The first-order chi connectivity index (χ1) is 16.8. The van der Waals surface area contributed by atoms with E-state index in [2.05, 4.69) is 31.2 Å². The maximum atomic E-state index is 12.7. The second kappa shape index (κ2) is 10.1. The van der Waals surface area contributed by atoms with Crippen LogP contribution in [0.25, 0.3) is 0 Å². The summed E-state index contributed by atoms with van der Waals surface area (Å²) in [6.07, 6.45) is 1.38. The average Bonchev–Trinajstić information content (AvgIpc) is 3.09. The van der Waals surface area contributed by atoms with Gasteiger partial charge in [-0.25, -0.2) is 4.98 Å².